The van der Waals surface area contributed by atoms with E-state index in [0.29, 0.717) is 5.69 Å². The van der Waals surface area contributed by atoms with Crippen molar-refractivity contribution >= 4 is 5.69 Å². The van der Waals surface area contributed by atoms with Gasteiger partial charge in [0.2, 0.25) is 0 Å². The highest BCUT2D eigenvalue weighted by atomic mass is 19.1. The monoisotopic (exact) mass is 192 g/mol. The molecule has 1 aliphatic heterocycles. The highest BCUT2D eigenvalue weighted by Crippen LogP contribution is 2.54. The van der Waals surface area contributed by atoms with Crippen LogP contribution in [0.1, 0.15) is 17.5 Å². The Morgan fingerprint density at radius 1 is 1.57 bits per heavy atom. The van der Waals surface area contributed by atoms with Crippen LogP contribution in [0.5, 0.6) is 0 Å². The van der Waals surface area contributed by atoms with Crippen molar-refractivity contribution < 1.29 is 4.39 Å². The van der Waals surface area contributed by atoms with Crippen LogP contribution in [0.15, 0.2) is 12.1 Å². The van der Waals surface area contributed by atoms with Gasteiger partial charge in [-0.1, -0.05) is 6.07 Å². The van der Waals surface area contributed by atoms with Crippen molar-refractivity contribution in [2.45, 2.75) is 24.8 Å². The first-order valence-corrected chi connectivity index (χ1v) is 4.93. The lowest BCUT2D eigenvalue weighted by Crippen LogP contribution is -2.20. The Bertz CT molecular complexity index is 416. The van der Waals surface area contributed by atoms with Gasteiger partial charge in [0, 0.05) is 18.0 Å². The smallest absolute Gasteiger partial charge is 0.146 e. The average molecular weight is 192 g/mol. The Labute approximate surface area is 82.3 Å². The maximum absolute atomic E-state index is 13.5. The summed E-state index contributed by atoms with van der Waals surface area (Å²) in [5, 5.41) is 3.12. The van der Waals surface area contributed by atoms with E-state index in [1.165, 1.54) is 0 Å². The molecule has 3 rings (SSSR count). The van der Waals surface area contributed by atoms with Gasteiger partial charge in [-0.3, -0.25) is 0 Å². The first kappa shape index (κ1) is 8.24. The maximum atomic E-state index is 13.5. The standard InChI is InChI=1S/C11H13FN2/c1-6-2-7-10(8(12)3-6)14-5-11(7)4-9(11)13/h2-3,9,14H,4-5,13H2,1H3. The second-order valence-electron chi connectivity index (χ2n) is 4.49. The molecule has 1 aliphatic carbocycles. The van der Waals surface area contributed by atoms with Crippen molar-refractivity contribution in [2.75, 3.05) is 11.9 Å². The number of anilines is 1. The second-order valence-corrected chi connectivity index (χ2v) is 4.49. The summed E-state index contributed by atoms with van der Waals surface area (Å²) in [7, 11) is 0. The second kappa shape index (κ2) is 2.28. The van der Waals surface area contributed by atoms with E-state index >= 15 is 0 Å². The van der Waals surface area contributed by atoms with Crippen molar-refractivity contribution in [3.05, 3.63) is 29.1 Å². The SMILES string of the molecule is Cc1cc(F)c2c(c1)C1(CN2)CC1N. The van der Waals surface area contributed by atoms with Gasteiger partial charge in [0.25, 0.3) is 0 Å². The maximum Gasteiger partial charge on any atom is 0.146 e. The first-order chi connectivity index (χ1) is 6.63. The molecule has 3 heteroatoms. The molecule has 1 aromatic rings. The number of hydrogen-bond donors (Lipinski definition) is 2. The molecule has 2 nitrogen and oxygen atoms in total. The molecule has 14 heavy (non-hydrogen) atoms. The molecule has 3 N–H and O–H groups in total. The molecule has 0 aromatic heterocycles. The summed E-state index contributed by atoms with van der Waals surface area (Å²) in [5.74, 6) is -0.143. The van der Waals surface area contributed by atoms with E-state index in [2.05, 4.69) is 11.4 Å². The van der Waals surface area contributed by atoms with E-state index in [1.807, 2.05) is 6.92 Å². The molecule has 74 valence electrons. The number of rotatable bonds is 0. The summed E-state index contributed by atoms with van der Waals surface area (Å²) in [6.45, 7) is 2.72. The third kappa shape index (κ3) is 0.831. The lowest BCUT2D eigenvalue weighted by atomic mass is 9.96. The van der Waals surface area contributed by atoms with Crippen LogP contribution in [-0.4, -0.2) is 12.6 Å². The van der Waals surface area contributed by atoms with Crippen molar-refractivity contribution in [1.82, 2.24) is 0 Å². The van der Waals surface area contributed by atoms with Gasteiger partial charge in [-0.2, -0.15) is 0 Å². The van der Waals surface area contributed by atoms with Crippen molar-refractivity contribution in [1.29, 1.82) is 0 Å². The normalized spacial score (nSPS) is 32.9. The van der Waals surface area contributed by atoms with Crippen LogP contribution < -0.4 is 11.1 Å². The summed E-state index contributed by atoms with van der Waals surface area (Å²) in [5.41, 5.74) is 8.69. The zero-order chi connectivity index (χ0) is 9.92. The van der Waals surface area contributed by atoms with Gasteiger partial charge < -0.3 is 11.1 Å². The molecule has 1 aromatic carbocycles. The third-order valence-electron chi connectivity index (χ3n) is 3.49. The number of benzene rings is 1. The number of aryl methyl sites for hydroxylation is 1. The fourth-order valence-electron chi connectivity index (χ4n) is 2.50. The van der Waals surface area contributed by atoms with Crippen molar-refractivity contribution in [2.24, 2.45) is 5.73 Å². The van der Waals surface area contributed by atoms with Crippen LogP contribution in [-0.2, 0) is 5.41 Å². The topological polar surface area (TPSA) is 38.0 Å². The molecular formula is C11H13FN2. The number of halogens is 1. The average Bonchev–Trinajstić information content (AvgIpc) is 2.59. The lowest BCUT2D eigenvalue weighted by Gasteiger charge is -2.08. The summed E-state index contributed by atoms with van der Waals surface area (Å²) < 4.78 is 13.5. The van der Waals surface area contributed by atoms with Gasteiger partial charge in [0.1, 0.15) is 5.82 Å². The number of hydrogen-bond acceptors (Lipinski definition) is 2. The van der Waals surface area contributed by atoms with E-state index in [-0.39, 0.29) is 17.3 Å². The van der Waals surface area contributed by atoms with E-state index < -0.39 is 0 Å². The molecule has 1 fully saturated rings. The van der Waals surface area contributed by atoms with Crippen LogP contribution in [0, 0.1) is 12.7 Å². The highest BCUT2D eigenvalue weighted by Gasteiger charge is 2.57. The number of nitrogens with one attached hydrogen (secondary N) is 1. The van der Waals surface area contributed by atoms with Crippen LogP contribution >= 0.6 is 0 Å². The molecule has 1 spiro atoms. The molecule has 1 heterocycles. The Hall–Kier alpha value is -1.09. The van der Waals surface area contributed by atoms with Crippen LogP contribution in [0.4, 0.5) is 10.1 Å². The predicted octanol–water partition coefficient (Wildman–Crippen LogP) is 1.53. The summed E-state index contributed by atoms with van der Waals surface area (Å²) >= 11 is 0. The molecule has 2 aliphatic rings. The predicted molar refractivity (Wildman–Crippen MR) is 53.9 cm³/mol. The fraction of sp³-hybridized carbons (Fsp3) is 0.455. The van der Waals surface area contributed by atoms with Gasteiger partial charge in [0.05, 0.1) is 5.69 Å². The minimum absolute atomic E-state index is 0.0438. The lowest BCUT2D eigenvalue weighted by molar-refractivity contribution is 0.629. The van der Waals surface area contributed by atoms with Crippen LogP contribution in [0.2, 0.25) is 0 Å². The molecule has 0 radical (unpaired) electrons. The Kier molecular flexibility index (Phi) is 1.34. The van der Waals surface area contributed by atoms with E-state index in [4.69, 9.17) is 5.73 Å². The molecule has 0 saturated heterocycles. The van der Waals surface area contributed by atoms with Crippen molar-refractivity contribution in [3.8, 4) is 0 Å². The molecular weight excluding hydrogens is 179 g/mol. The Balaban J connectivity index is 2.20. The summed E-state index contributed by atoms with van der Waals surface area (Å²) in [6.07, 6.45) is 0.982. The van der Waals surface area contributed by atoms with Crippen LogP contribution in [0.25, 0.3) is 0 Å². The van der Waals surface area contributed by atoms with Gasteiger partial charge in [-0.15, -0.1) is 0 Å². The Morgan fingerprint density at radius 3 is 2.93 bits per heavy atom. The number of nitrogens with two attached hydrogens (primary N) is 1. The van der Waals surface area contributed by atoms with Crippen LogP contribution in [0.3, 0.4) is 0 Å². The fourth-order valence-corrected chi connectivity index (χ4v) is 2.50. The minimum atomic E-state index is -0.143. The quantitative estimate of drug-likeness (QED) is 0.654. The zero-order valence-electron chi connectivity index (χ0n) is 8.10. The Morgan fingerprint density at radius 2 is 2.29 bits per heavy atom. The summed E-state index contributed by atoms with van der Waals surface area (Å²) in [4.78, 5) is 0. The molecule has 0 amide bonds. The first-order valence-electron chi connectivity index (χ1n) is 4.93. The molecule has 2 atom stereocenters. The third-order valence-corrected chi connectivity index (χ3v) is 3.49. The highest BCUT2D eigenvalue weighted by molar-refractivity contribution is 5.66. The molecule has 0 bridgehead atoms. The van der Waals surface area contributed by atoms with E-state index in [1.54, 1.807) is 6.07 Å². The van der Waals surface area contributed by atoms with E-state index in [9.17, 15) is 4.39 Å². The largest absolute Gasteiger partial charge is 0.381 e. The van der Waals surface area contributed by atoms with Gasteiger partial charge >= 0.3 is 0 Å². The van der Waals surface area contributed by atoms with Gasteiger partial charge in [0.15, 0.2) is 0 Å². The zero-order valence-corrected chi connectivity index (χ0v) is 8.10. The van der Waals surface area contributed by atoms with Gasteiger partial charge in [-0.25, -0.2) is 4.39 Å². The minimum Gasteiger partial charge on any atom is -0.381 e. The van der Waals surface area contributed by atoms with Crippen molar-refractivity contribution in [3.63, 3.8) is 0 Å². The number of fused-ring (bicyclic) bond motifs is 2. The van der Waals surface area contributed by atoms with E-state index in [0.717, 1.165) is 24.1 Å². The molecule has 1 saturated carbocycles. The summed E-state index contributed by atoms with van der Waals surface area (Å²) in [6, 6.07) is 3.83. The van der Waals surface area contributed by atoms with Gasteiger partial charge in [-0.05, 0) is 30.5 Å². The molecule has 2 unspecified atom stereocenters.